The molecule has 0 N–H and O–H groups in total. The zero-order valence-corrected chi connectivity index (χ0v) is 20.7. The van der Waals surface area contributed by atoms with Gasteiger partial charge in [-0.1, -0.05) is 68.6 Å². The zero-order chi connectivity index (χ0) is 22.3. The van der Waals surface area contributed by atoms with Crippen LogP contribution in [-0.2, 0) is 26.5 Å². The molecule has 0 aliphatic carbocycles. The van der Waals surface area contributed by atoms with E-state index in [0.29, 0.717) is 11.4 Å². The van der Waals surface area contributed by atoms with Gasteiger partial charge in [0.05, 0.1) is 5.82 Å². The topological polar surface area (TPSA) is 43.6 Å². The summed E-state index contributed by atoms with van der Waals surface area (Å²) in [6, 6.07) is 14.7. The van der Waals surface area contributed by atoms with Crippen molar-refractivity contribution < 1.29 is 29.8 Å². The third-order valence-corrected chi connectivity index (χ3v) is 5.72. The van der Waals surface area contributed by atoms with Crippen LogP contribution in [0.1, 0.15) is 42.1 Å². The van der Waals surface area contributed by atoms with E-state index in [1.165, 1.54) is 5.56 Å². The summed E-state index contributed by atoms with van der Waals surface area (Å²) < 4.78 is 29.3. The summed E-state index contributed by atoms with van der Waals surface area (Å²) >= 11 is 0. The number of aryl methyl sites for hydroxylation is 1. The van der Waals surface area contributed by atoms with Gasteiger partial charge in [-0.15, -0.1) is 17.2 Å². The summed E-state index contributed by atoms with van der Waals surface area (Å²) in [4.78, 5) is 12.8. The summed E-state index contributed by atoms with van der Waals surface area (Å²) in [6.07, 6.45) is 3.34. The number of hydrogen-bond donors (Lipinski definition) is 0. The Morgan fingerprint density at radius 3 is 2.19 bits per heavy atom. The Hall–Kier alpha value is -2.72. The Labute approximate surface area is 201 Å². The first-order valence-electron chi connectivity index (χ1n) is 9.96. The van der Waals surface area contributed by atoms with Gasteiger partial charge in [0.1, 0.15) is 11.9 Å². The average Bonchev–Trinajstić information content (AvgIpc) is 3.01. The predicted molar refractivity (Wildman–Crippen MR) is 115 cm³/mol. The summed E-state index contributed by atoms with van der Waals surface area (Å²) in [5.41, 5.74) is 4.69. The van der Waals surface area contributed by atoms with Crippen LogP contribution in [-0.4, -0.2) is 19.5 Å². The molecule has 4 aromatic rings. The third-order valence-electron chi connectivity index (χ3n) is 5.72. The fraction of sp³-hybridized carbons (Fsp3) is 0.240. The van der Waals surface area contributed by atoms with Crippen LogP contribution in [0.2, 0.25) is 0 Å². The minimum Gasteiger partial charge on any atom is -0.432 e. The largest absolute Gasteiger partial charge is 2.00 e. The van der Waals surface area contributed by atoms with E-state index in [9.17, 15) is 8.78 Å². The van der Waals surface area contributed by atoms with E-state index in [1.807, 2.05) is 56.5 Å². The Balaban J connectivity index is 0.00000289. The molecule has 4 aromatic heterocycles. The van der Waals surface area contributed by atoms with E-state index in [2.05, 4.69) is 29.2 Å². The van der Waals surface area contributed by atoms with E-state index in [-0.39, 0.29) is 26.6 Å². The second kappa shape index (κ2) is 9.03. The molecule has 0 atom stereocenters. The first-order valence-corrected chi connectivity index (χ1v) is 9.96. The standard InChI is InChI=1S/C25H22F2N4.Pt/c1-15-14-31(17(3)16(15)2)23-11-7-10-21(29-23)25(4,5)20-9-6-8-19(28-20)18-12-13-22(26)30-24(18)27;/h6-11,13H,1-5H3;/q-2;+2. The fourth-order valence-electron chi connectivity index (χ4n) is 3.51. The van der Waals surface area contributed by atoms with Gasteiger partial charge >= 0.3 is 21.1 Å². The van der Waals surface area contributed by atoms with E-state index < -0.39 is 17.3 Å². The average molecular weight is 612 g/mol. The first-order chi connectivity index (χ1) is 14.7. The molecule has 0 radical (unpaired) electrons. The second-order valence-corrected chi connectivity index (χ2v) is 8.09. The van der Waals surface area contributed by atoms with Gasteiger partial charge in [-0.05, 0) is 31.7 Å². The Bertz CT molecular complexity index is 1280. The van der Waals surface area contributed by atoms with Crippen LogP contribution in [0.5, 0.6) is 0 Å². The smallest absolute Gasteiger partial charge is 0.432 e. The summed E-state index contributed by atoms with van der Waals surface area (Å²) in [5, 5.41) is 0. The molecule has 0 bridgehead atoms. The molecule has 0 aromatic carbocycles. The third kappa shape index (κ3) is 4.29. The van der Waals surface area contributed by atoms with Gasteiger partial charge in [0.25, 0.3) is 0 Å². The normalized spacial score (nSPS) is 11.3. The molecule has 0 fully saturated rings. The fourth-order valence-corrected chi connectivity index (χ4v) is 3.51. The van der Waals surface area contributed by atoms with Gasteiger partial charge in [0, 0.05) is 16.8 Å². The number of aromatic nitrogens is 4. The molecule has 32 heavy (non-hydrogen) atoms. The van der Waals surface area contributed by atoms with Crippen molar-refractivity contribution in [3.05, 3.63) is 94.8 Å². The SMILES string of the molecule is Cc1[c-]n(-c2cccc(C(C)(C)c3cccc(-c4[c-]cc(F)nc4F)n3)n2)c(C)c1C.[Pt+2]. The molecule has 0 unspecified atom stereocenters. The molecule has 0 saturated carbocycles. The van der Waals surface area contributed by atoms with Crippen LogP contribution in [0.4, 0.5) is 8.78 Å². The van der Waals surface area contributed by atoms with Crippen LogP contribution < -0.4 is 0 Å². The number of nitrogens with zero attached hydrogens (tertiary/aromatic N) is 4. The molecular weight excluding hydrogens is 589 g/mol. The predicted octanol–water partition coefficient (Wildman–Crippen LogP) is 5.46. The summed E-state index contributed by atoms with van der Waals surface area (Å²) in [6.45, 7) is 10.2. The Kier molecular flexibility index (Phi) is 6.75. The van der Waals surface area contributed by atoms with Crippen molar-refractivity contribution in [2.45, 2.75) is 40.0 Å². The van der Waals surface area contributed by atoms with Crippen molar-refractivity contribution in [2.24, 2.45) is 0 Å². The first kappa shape index (κ1) is 23.9. The van der Waals surface area contributed by atoms with Crippen LogP contribution in [0, 0.1) is 44.9 Å². The van der Waals surface area contributed by atoms with Gasteiger partial charge in [-0.2, -0.15) is 0 Å². The summed E-state index contributed by atoms with van der Waals surface area (Å²) in [5.74, 6) is -1.08. The minimum atomic E-state index is -0.938. The minimum absolute atomic E-state index is 0. The van der Waals surface area contributed by atoms with E-state index >= 15 is 0 Å². The van der Waals surface area contributed by atoms with Gasteiger partial charge < -0.3 is 9.55 Å². The maximum absolute atomic E-state index is 14.2. The molecule has 7 heteroatoms. The summed E-state index contributed by atoms with van der Waals surface area (Å²) in [7, 11) is 0. The molecule has 4 rings (SSSR count). The number of halogens is 2. The van der Waals surface area contributed by atoms with Crippen LogP contribution in [0.15, 0.2) is 42.5 Å². The monoisotopic (exact) mass is 611 g/mol. The Morgan fingerprint density at radius 1 is 0.906 bits per heavy atom. The molecule has 0 amide bonds. The molecule has 0 spiro atoms. The van der Waals surface area contributed by atoms with Gasteiger partial charge in [-0.25, -0.2) is 8.78 Å². The van der Waals surface area contributed by atoms with E-state index in [1.54, 1.807) is 12.1 Å². The van der Waals surface area contributed by atoms with Gasteiger partial charge in [-0.3, -0.25) is 9.97 Å². The van der Waals surface area contributed by atoms with E-state index in [4.69, 9.17) is 4.98 Å². The van der Waals surface area contributed by atoms with Crippen LogP contribution >= 0.6 is 0 Å². The molecule has 0 aliphatic rings. The molecule has 4 nitrogen and oxygen atoms in total. The van der Waals surface area contributed by atoms with Gasteiger partial charge in [0.15, 0.2) is 0 Å². The maximum atomic E-state index is 14.2. The van der Waals surface area contributed by atoms with Crippen molar-refractivity contribution in [1.29, 1.82) is 0 Å². The molecule has 0 aliphatic heterocycles. The Morgan fingerprint density at radius 2 is 1.56 bits per heavy atom. The zero-order valence-electron chi connectivity index (χ0n) is 18.4. The second-order valence-electron chi connectivity index (χ2n) is 8.09. The van der Waals surface area contributed by atoms with E-state index in [0.717, 1.165) is 28.8 Å². The van der Waals surface area contributed by atoms with Gasteiger partial charge in [0.2, 0.25) is 0 Å². The van der Waals surface area contributed by atoms with Crippen LogP contribution in [0.25, 0.3) is 17.1 Å². The van der Waals surface area contributed by atoms with Crippen molar-refractivity contribution in [3.8, 4) is 17.1 Å². The number of pyridine rings is 3. The number of hydrogen-bond acceptors (Lipinski definition) is 3. The number of rotatable bonds is 4. The van der Waals surface area contributed by atoms with Crippen molar-refractivity contribution in [2.75, 3.05) is 0 Å². The molecular formula is C25H22F2N4Pt. The van der Waals surface area contributed by atoms with Crippen molar-refractivity contribution in [3.63, 3.8) is 0 Å². The van der Waals surface area contributed by atoms with Crippen LogP contribution in [0.3, 0.4) is 0 Å². The quantitative estimate of drug-likeness (QED) is 0.228. The van der Waals surface area contributed by atoms with Crippen molar-refractivity contribution in [1.82, 2.24) is 19.5 Å². The van der Waals surface area contributed by atoms with Crippen molar-refractivity contribution >= 4 is 0 Å². The molecule has 4 heterocycles. The maximum Gasteiger partial charge on any atom is 2.00 e. The molecule has 166 valence electrons. The molecule has 0 saturated heterocycles.